The van der Waals surface area contributed by atoms with Crippen LogP contribution in [0.15, 0.2) is 97.1 Å². The highest BCUT2D eigenvalue weighted by Gasteiger charge is 2.23. The Morgan fingerprint density at radius 2 is 1.45 bits per heavy atom. The average molecular weight is 522 g/mol. The predicted octanol–water partition coefficient (Wildman–Crippen LogP) is 7.59. The normalized spacial score (nSPS) is 14.2. The molecule has 1 aromatic heterocycles. The van der Waals surface area contributed by atoms with E-state index < -0.39 is 0 Å². The smallest absolute Gasteiger partial charge is 0.142 e. The van der Waals surface area contributed by atoms with Gasteiger partial charge in [-0.15, -0.1) is 0 Å². The second-order valence-corrected chi connectivity index (χ2v) is 10.4. The van der Waals surface area contributed by atoms with Gasteiger partial charge >= 0.3 is 0 Å². The van der Waals surface area contributed by atoms with Gasteiger partial charge in [-0.2, -0.15) is 0 Å². The van der Waals surface area contributed by atoms with Crippen molar-refractivity contribution < 1.29 is 4.74 Å². The SMILES string of the molecule is COc1ccccc1N1CCN(Cc2cc(C)n(-c3cccc4ccccc34)c2-c2ccc(Cl)cc2)CC1. The molecule has 1 aliphatic heterocycles. The molecule has 0 N–H and O–H groups in total. The van der Waals surface area contributed by atoms with Crippen LogP contribution in [0.25, 0.3) is 27.7 Å². The molecule has 4 aromatic carbocycles. The van der Waals surface area contributed by atoms with Gasteiger partial charge in [0.2, 0.25) is 0 Å². The Bertz CT molecular complexity index is 1560. The van der Waals surface area contributed by atoms with Gasteiger partial charge in [0.25, 0.3) is 0 Å². The van der Waals surface area contributed by atoms with Crippen LogP contribution in [0.3, 0.4) is 0 Å². The second-order valence-electron chi connectivity index (χ2n) is 9.94. The summed E-state index contributed by atoms with van der Waals surface area (Å²) in [5.74, 6) is 0.939. The highest BCUT2D eigenvalue weighted by Crippen LogP contribution is 2.35. The molecule has 192 valence electrons. The van der Waals surface area contributed by atoms with E-state index in [0.717, 1.165) is 43.5 Å². The summed E-state index contributed by atoms with van der Waals surface area (Å²) in [5, 5.41) is 3.25. The van der Waals surface area contributed by atoms with E-state index in [1.807, 2.05) is 24.3 Å². The van der Waals surface area contributed by atoms with Crippen LogP contribution in [0, 0.1) is 6.92 Å². The van der Waals surface area contributed by atoms with E-state index in [1.54, 1.807) is 7.11 Å². The Morgan fingerprint density at radius 3 is 2.24 bits per heavy atom. The van der Waals surface area contributed by atoms with Gasteiger partial charge in [0.15, 0.2) is 0 Å². The van der Waals surface area contributed by atoms with Gasteiger partial charge in [0.05, 0.1) is 24.2 Å². The number of piperazine rings is 1. The Balaban J connectivity index is 1.35. The minimum absolute atomic E-state index is 0.753. The zero-order chi connectivity index (χ0) is 26.1. The number of hydrogen-bond acceptors (Lipinski definition) is 3. The molecule has 0 saturated carbocycles. The molecule has 1 aliphatic rings. The van der Waals surface area contributed by atoms with E-state index in [9.17, 15) is 0 Å². The Labute approximate surface area is 229 Å². The number of aryl methyl sites for hydroxylation is 1. The molecule has 5 heteroatoms. The molecule has 0 bridgehead atoms. The minimum Gasteiger partial charge on any atom is -0.495 e. The number of ether oxygens (including phenoxy) is 1. The molecule has 0 amide bonds. The molecule has 0 unspecified atom stereocenters. The second kappa shape index (κ2) is 10.6. The summed E-state index contributed by atoms with van der Waals surface area (Å²) in [6, 6.07) is 34.1. The fourth-order valence-electron chi connectivity index (χ4n) is 5.74. The first-order valence-electron chi connectivity index (χ1n) is 13.2. The largest absolute Gasteiger partial charge is 0.495 e. The molecule has 6 rings (SSSR count). The van der Waals surface area contributed by atoms with Crippen LogP contribution in [0.2, 0.25) is 5.02 Å². The molecule has 0 radical (unpaired) electrons. The molecule has 0 aliphatic carbocycles. The third-order valence-corrected chi connectivity index (χ3v) is 7.83. The molecule has 1 fully saturated rings. The van der Waals surface area contributed by atoms with E-state index in [-0.39, 0.29) is 0 Å². The van der Waals surface area contributed by atoms with Crippen LogP contribution in [0.5, 0.6) is 5.75 Å². The standard InChI is InChI=1S/C33H32ClN3O/c1-24-22-27(23-35-18-20-36(21-19-35)31-11-5-6-13-32(31)38-2)33(26-14-16-28(34)17-15-26)37(24)30-12-7-9-25-8-3-4-10-29(25)30/h3-17,22H,18-21,23H2,1-2H3. The van der Waals surface area contributed by atoms with Crippen molar-refractivity contribution in [1.82, 2.24) is 9.47 Å². The van der Waals surface area contributed by atoms with Gasteiger partial charge in [-0.25, -0.2) is 0 Å². The van der Waals surface area contributed by atoms with Gasteiger partial charge in [0, 0.05) is 48.8 Å². The van der Waals surface area contributed by atoms with Gasteiger partial charge in [-0.1, -0.05) is 72.3 Å². The molecule has 2 heterocycles. The van der Waals surface area contributed by atoms with E-state index in [4.69, 9.17) is 16.3 Å². The van der Waals surface area contributed by atoms with E-state index in [0.29, 0.717) is 0 Å². The zero-order valence-corrected chi connectivity index (χ0v) is 22.7. The fourth-order valence-corrected chi connectivity index (χ4v) is 5.87. The van der Waals surface area contributed by atoms with Gasteiger partial charge in [-0.3, -0.25) is 4.90 Å². The summed E-state index contributed by atoms with van der Waals surface area (Å²) in [5.41, 5.74) is 7.37. The number of aromatic nitrogens is 1. The Hall–Kier alpha value is -3.73. The maximum absolute atomic E-state index is 6.29. The van der Waals surface area contributed by atoms with Gasteiger partial charge < -0.3 is 14.2 Å². The van der Waals surface area contributed by atoms with Crippen molar-refractivity contribution >= 4 is 28.1 Å². The number of anilines is 1. The third-order valence-electron chi connectivity index (χ3n) is 7.58. The van der Waals surface area contributed by atoms with Crippen molar-refractivity contribution in [3.05, 3.63) is 113 Å². The lowest BCUT2D eigenvalue weighted by Crippen LogP contribution is -2.46. The highest BCUT2D eigenvalue weighted by molar-refractivity contribution is 6.30. The number of benzene rings is 4. The average Bonchev–Trinajstić information content (AvgIpc) is 3.28. The summed E-state index contributed by atoms with van der Waals surface area (Å²) >= 11 is 6.29. The molecular formula is C33H32ClN3O. The number of hydrogen-bond donors (Lipinski definition) is 0. The third kappa shape index (κ3) is 4.66. The van der Waals surface area contributed by atoms with Crippen LogP contribution in [0.1, 0.15) is 11.3 Å². The summed E-state index contributed by atoms with van der Waals surface area (Å²) in [4.78, 5) is 5.00. The fraction of sp³-hybridized carbons (Fsp3) is 0.212. The van der Waals surface area contributed by atoms with Crippen LogP contribution >= 0.6 is 11.6 Å². The quantitative estimate of drug-likeness (QED) is 0.229. The topological polar surface area (TPSA) is 20.6 Å². The summed E-state index contributed by atoms with van der Waals surface area (Å²) < 4.78 is 8.04. The van der Waals surface area contributed by atoms with E-state index in [2.05, 4.69) is 94.1 Å². The molecule has 5 aromatic rings. The molecular weight excluding hydrogens is 490 g/mol. The molecule has 0 spiro atoms. The number of fused-ring (bicyclic) bond motifs is 1. The molecule has 0 atom stereocenters. The summed E-state index contributed by atoms with van der Waals surface area (Å²) in [7, 11) is 1.75. The van der Waals surface area contributed by atoms with Gasteiger partial charge in [0.1, 0.15) is 5.75 Å². The predicted molar refractivity (Wildman–Crippen MR) is 159 cm³/mol. The number of methoxy groups -OCH3 is 1. The van der Waals surface area contributed by atoms with Crippen LogP contribution < -0.4 is 9.64 Å². The zero-order valence-electron chi connectivity index (χ0n) is 21.9. The molecule has 38 heavy (non-hydrogen) atoms. The number of para-hydroxylation sites is 2. The Morgan fingerprint density at radius 1 is 0.763 bits per heavy atom. The van der Waals surface area contributed by atoms with Crippen molar-refractivity contribution in [2.75, 3.05) is 38.2 Å². The lowest BCUT2D eigenvalue weighted by molar-refractivity contribution is 0.249. The van der Waals surface area contributed by atoms with Crippen LogP contribution in [-0.4, -0.2) is 42.8 Å². The first-order chi connectivity index (χ1) is 18.6. The lowest BCUT2D eigenvalue weighted by Gasteiger charge is -2.36. The van der Waals surface area contributed by atoms with Crippen LogP contribution in [-0.2, 0) is 6.54 Å². The van der Waals surface area contributed by atoms with Crippen molar-refractivity contribution in [2.45, 2.75) is 13.5 Å². The van der Waals surface area contributed by atoms with Gasteiger partial charge in [-0.05, 0) is 59.8 Å². The molecule has 1 saturated heterocycles. The van der Waals surface area contributed by atoms with E-state index >= 15 is 0 Å². The first-order valence-corrected chi connectivity index (χ1v) is 13.6. The number of halogens is 1. The van der Waals surface area contributed by atoms with Crippen molar-refractivity contribution in [2.24, 2.45) is 0 Å². The monoisotopic (exact) mass is 521 g/mol. The van der Waals surface area contributed by atoms with E-state index in [1.165, 1.54) is 44.7 Å². The summed E-state index contributed by atoms with van der Waals surface area (Å²) in [6.45, 7) is 7.05. The minimum atomic E-state index is 0.753. The number of nitrogens with zero attached hydrogens (tertiary/aromatic N) is 3. The van der Waals surface area contributed by atoms with Crippen molar-refractivity contribution in [1.29, 1.82) is 0 Å². The van der Waals surface area contributed by atoms with Crippen molar-refractivity contribution in [3.63, 3.8) is 0 Å². The molecule has 4 nitrogen and oxygen atoms in total. The Kier molecular flexibility index (Phi) is 6.84. The number of rotatable bonds is 6. The summed E-state index contributed by atoms with van der Waals surface area (Å²) in [6.07, 6.45) is 0. The first kappa shape index (κ1) is 24.6. The highest BCUT2D eigenvalue weighted by atomic mass is 35.5. The van der Waals surface area contributed by atoms with Crippen molar-refractivity contribution in [3.8, 4) is 22.7 Å². The van der Waals surface area contributed by atoms with Crippen LogP contribution in [0.4, 0.5) is 5.69 Å². The maximum atomic E-state index is 6.29. The lowest BCUT2D eigenvalue weighted by atomic mass is 10.1. The maximum Gasteiger partial charge on any atom is 0.142 e.